The smallest absolute Gasteiger partial charge is 0.344 e. The molecule has 1 heterocycles. The van der Waals surface area contributed by atoms with E-state index in [2.05, 4.69) is 15.9 Å². The van der Waals surface area contributed by atoms with E-state index in [9.17, 15) is 14.4 Å². The number of hydrogen-bond donors (Lipinski definition) is 0. The van der Waals surface area contributed by atoms with Crippen LogP contribution in [0.1, 0.15) is 41.8 Å². The van der Waals surface area contributed by atoms with Crippen molar-refractivity contribution in [1.82, 2.24) is 0 Å². The monoisotopic (exact) mass is 472 g/mol. The van der Waals surface area contributed by atoms with Gasteiger partial charge in [0.15, 0.2) is 0 Å². The largest absolute Gasteiger partial charge is 0.463 e. The van der Waals surface area contributed by atoms with E-state index in [1.54, 1.807) is 51.1 Å². The highest BCUT2D eigenvalue weighted by Crippen LogP contribution is 2.30. The van der Waals surface area contributed by atoms with Crippen molar-refractivity contribution in [3.05, 3.63) is 74.0 Å². The molecule has 3 aromatic rings. The predicted octanol–water partition coefficient (Wildman–Crippen LogP) is 4.97. The summed E-state index contributed by atoms with van der Waals surface area (Å²) < 4.78 is 16.7. The Balaban J connectivity index is 1.99. The first-order chi connectivity index (χ1) is 14.2. The van der Waals surface area contributed by atoms with Gasteiger partial charge in [0, 0.05) is 28.4 Å². The van der Waals surface area contributed by atoms with Gasteiger partial charge in [-0.2, -0.15) is 0 Å². The SMILES string of the molecule is Cc1cc(=O)oc2cc(OC(=O)c3ccccc3Br)c(CCC(=O)OC(C)C)cc12. The van der Waals surface area contributed by atoms with Gasteiger partial charge in [0.2, 0.25) is 0 Å². The molecule has 6 nitrogen and oxygen atoms in total. The number of benzene rings is 2. The maximum Gasteiger partial charge on any atom is 0.344 e. The van der Waals surface area contributed by atoms with E-state index in [1.165, 1.54) is 12.1 Å². The molecule has 0 aliphatic carbocycles. The Morgan fingerprint density at radius 1 is 1.13 bits per heavy atom. The second-order valence-electron chi connectivity index (χ2n) is 7.11. The van der Waals surface area contributed by atoms with Gasteiger partial charge in [0.1, 0.15) is 11.3 Å². The summed E-state index contributed by atoms with van der Waals surface area (Å²) in [5.74, 6) is -0.679. The van der Waals surface area contributed by atoms with Crippen LogP contribution in [-0.2, 0) is 16.0 Å². The summed E-state index contributed by atoms with van der Waals surface area (Å²) >= 11 is 3.34. The van der Waals surface area contributed by atoms with Crippen LogP contribution in [0.25, 0.3) is 11.0 Å². The molecule has 0 saturated carbocycles. The summed E-state index contributed by atoms with van der Waals surface area (Å²) in [7, 11) is 0. The van der Waals surface area contributed by atoms with E-state index in [0.29, 0.717) is 33.0 Å². The molecule has 0 N–H and O–H groups in total. The average Bonchev–Trinajstić information content (AvgIpc) is 2.66. The third-order valence-corrected chi connectivity index (χ3v) is 5.09. The first kappa shape index (κ1) is 21.8. The van der Waals surface area contributed by atoms with Crippen molar-refractivity contribution < 1.29 is 23.5 Å². The number of hydrogen-bond acceptors (Lipinski definition) is 6. The second kappa shape index (κ2) is 9.26. The van der Waals surface area contributed by atoms with Crippen molar-refractivity contribution in [2.45, 2.75) is 39.7 Å². The molecular formula is C23H21BrO6. The maximum atomic E-state index is 12.7. The minimum Gasteiger partial charge on any atom is -0.463 e. The Labute approximate surface area is 181 Å². The fourth-order valence-corrected chi connectivity index (χ4v) is 3.47. The Morgan fingerprint density at radius 3 is 2.57 bits per heavy atom. The summed E-state index contributed by atoms with van der Waals surface area (Å²) in [4.78, 5) is 36.5. The number of fused-ring (bicyclic) bond motifs is 1. The van der Waals surface area contributed by atoms with Crippen LogP contribution in [0.2, 0.25) is 0 Å². The minimum absolute atomic E-state index is 0.124. The number of ether oxygens (including phenoxy) is 2. The number of aryl methyl sites for hydroxylation is 2. The van der Waals surface area contributed by atoms with Crippen LogP contribution in [0.15, 0.2) is 56.1 Å². The molecular weight excluding hydrogens is 452 g/mol. The quantitative estimate of drug-likeness (QED) is 0.286. The number of rotatable bonds is 6. The van der Waals surface area contributed by atoms with Crippen LogP contribution in [0, 0.1) is 6.92 Å². The van der Waals surface area contributed by atoms with Crippen molar-refractivity contribution in [2.24, 2.45) is 0 Å². The van der Waals surface area contributed by atoms with Gasteiger partial charge in [-0.3, -0.25) is 4.79 Å². The summed E-state index contributed by atoms with van der Waals surface area (Å²) in [6, 6.07) is 11.6. The highest BCUT2D eigenvalue weighted by Gasteiger charge is 2.18. The molecule has 0 bridgehead atoms. The molecule has 0 saturated heterocycles. The zero-order valence-corrected chi connectivity index (χ0v) is 18.4. The number of carbonyl (C=O) groups is 2. The van der Waals surface area contributed by atoms with Crippen molar-refractivity contribution in [2.75, 3.05) is 0 Å². The lowest BCUT2D eigenvalue weighted by atomic mass is 10.0. The molecule has 156 valence electrons. The summed E-state index contributed by atoms with van der Waals surface area (Å²) in [5.41, 5.74) is 1.55. The molecule has 2 aromatic carbocycles. The second-order valence-corrected chi connectivity index (χ2v) is 7.97. The maximum absolute atomic E-state index is 12.7. The van der Waals surface area contributed by atoms with Gasteiger partial charge in [-0.15, -0.1) is 0 Å². The Kier molecular flexibility index (Phi) is 6.72. The summed E-state index contributed by atoms with van der Waals surface area (Å²) in [6.45, 7) is 5.36. The third-order valence-electron chi connectivity index (χ3n) is 4.39. The van der Waals surface area contributed by atoms with Crippen molar-refractivity contribution in [3.63, 3.8) is 0 Å². The highest BCUT2D eigenvalue weighted by molar-refractivity contribution is 9.10. The minimum atomic E-state index is -0.567. The summed E-state index contributed by atoms with van der Waals surface area (Å²) in [6.07, 6.45) is 0.218. The first-order valence-corrected chi connectivity index (χ1v) is 10.3. The molecule has 0 radical (unpaired) electrons. The zero-order chi connectivity index (χ0) is 21.8. The number of halogens is 1. The fourth-order valence-electron chi connectivity index (χ4n) is 3.02. The highest BCUT2D eigenvalue weighted by atomic mass is 79.9. The molecule has 1 aromatic heterocycles. The van der Waals surface area contributed by atoms with Crippen LogP contribution in [0.5, 0.6) is 5.75 Å². The Hall–Kier alpha value is -2.93. The zero-order valence-electron chi connectivity index (χ0n) is 16.9. The van der Waals surface area contributed by atoms with Crippen LogP contribution >= 0.6 is 15.9 Å². The topological polar surface area (TPSA) is 82.8 Å². The molecule has 0 atom stereocenters. The molecule has 0 aliphatic rings. The molecule has 0 amide bonds. The molecule has 30 heavy (non-hydrogen) atoms. The molecule has 7 heteroatoms. The van der Waals surface area contributed by atoms with Gasteiger partial charge >= 0.3 is 17.6 Å². The lowest BCUT2D eigenvalue weighted by Crippen LogP contribution is -2.13. The molecule has 0 spiro atoms. The standard InChI is InChI=1S/C23H21BrO6/c1-13(2)28-21(25)9-8-15-11-17-14(3)10-22(26)29-20(17)12-19(15)30-23(27)16-6-4-5-7-18(16)24/h4-7,10-13H,8-9H2,1-3H3. The van der Waals surface area contributed by atoms with Crippen LogP contribution in [0.4, 0.5) is 0 Å². The molecule has 0 fully saturated rings. The van der Waals surface area contributed by atoms with E-state index in [-0.39, 0.29) is 24.2 Å². The van der Waals surface area contributed by atoms with Crippen LogP contribution < -0.4 is 10.4 Å². The van der Waals surface area contributed by atoms with Gasteiger partial charge in [0.25, 0.3) is 0 Å². The summed E-state index contributed by atoms with van der Waals surface area (Å²) in [5, 5.41) is 0.711. The predicted molar refractivity (Wildman–Crippen MR) is 116 cm³/mol. The van der Waals surface area contributed by atoms with Crippen molar-refractivity contribution in [1.29, 1.82) is 0 Å². The normalized spacial score (nSPS) is 11.0. The Bertz CT molecular complexity index is 1160. The van der Waals surface area contributed by atoms with Gasteiger partial charge < -0.3 is 13.9 Å². The van der Waals surface area contributed by atoms with Crippen LogP contribution in [0.3, 0.4) is 0 Å². The van der Waals surface area contributed by atoms with E-state index >= 15 is 0 Å². The van der Waals surface area contributed by atoms with E-state index in [0.717, 1.165) is 5.56 Å². The van der Waals surface area contributed by atoms with Crippen molar-refractivity contribution >= 4 is 38.8 Å². The number of esters is 2. The van der Waals surface area contributed by atoms with Gasteiger partial charge in [-0.1, -0.05) is 12.1 Å². The lowest BCUT2D eigenvalue weighted by molar-refractivity contribution is -0.147. The third kappa shape index (κ3) is 5.16. The average molecular weight is 473 g/mol. The lowest BCUT2D eigenvalue weighted by Gasteiger charge is -2.13. The first-order valence-electron chi connectivity index (χ1n) is 9.48. The van der Waals surface area contributed by atoms with E-state index in [1.807, 2.05) is 0 Å². The van der Waals surface area contributed by atoms with Crippen LogP contribution in [-0.4, -0.2) is 18.0 Å². The van der Waals surface area contributed by atoms with E-state index < -0.39 is 11.6 Å². The van der Waals surface area contributed by atoms with Gasteiger partial charge in [-0.25, -0.2) is 9.59 Å². The number of carbonyl (C=O) groups excluding carboxylic acids is 2. The van der Waals surface area contributed by atoms with Gasteiger partial charge in [-0.05, 0) is 72.4 Å². The molecule has 0 aliphatic heterocycles. The van der Waals surface area contributed by atoms with E-state index in [4.69, 9.17) is 13.9 Å². The molecule has 3 rings (SSSR count). The van der Waals surface area contributed by atoms with Gasteiger partial charge in [0.05, 0.1) is 11.7 Å². The fraction of sp³-hybridized carbons (Fsp3) is 0.261. The molecule has 0 unspecified atom stereocenters. The van der Waals surface area contributed by atoms with Crippen molar-refractivity contribution in [3.8, 4) is 5.75 Å². The Morgan fingerprint density at radius 2 is 1.87 bits per heavy atom.